The maximum atomic E-state index is 15.4. The summed E-state index contributed by atoms with van der Waals surface area (Å²) in [5.41, 5.74) is -2.00. The van der Waals surface area contributed by atoms with Crippen molar-refractivity contribution >= 4 is 23.4 Å². The number of rotatable bonds is 7. The quantitative estimate of drug-likeness (QED) is 0.372. The first-order valence-corrected chi connectivity index (χ1v) is 15.8. The zero-order valence-electron chi connectivity index (χ0n) is 27.0. The molecule has 3 fully saturated rings. The van der Waals surface area contributed by atoms with E-state index in [2.05, 4.69) is 15.6 Å². The lowest BCUT2D eigenvalue weighted by Crippen LogP contribution is -2.55. The molecule has 2 aliphatic heterocycles. The van der Waals surface area contributed by atoms with Gasteiger partial charge < -0.3 is 20.3 Å². The smallest absolute Gasteiger partial charge is 0.421 e. The summed E-state index contributed by atoms with van der Waals surface area (Å²) >= 11 is 0. The Morgan fingerprint density at radius 1 is 1.00 bits per heavy atom. The first kappa shape index (κ1) is 35.5. The Balaban J connectivity index is 1.50. The number of ether oxygens (including phenoxy) is 1. The van der Waals surface area contributed by atoms with E-state index in [0.29, 0.717) is 4.90 Å². The van der Waals surface area contributed by atoms with Crippen LogP contribution in [-0.4, -0.2) is 86.2 Å². The van der Waals surface area contributed by atoms with Crippen LogP contribution in [0.2, 0.25) is 0 Å². The molecule has 3 aliphatic rings. The summed E-state index contributed by atoms with van der Waals surface area (Å²) in [7, 11) is 3.07. The van der Waals surface area contributed by atoms with E-state index in [-0.39, 0.29) is 62.3 Å². The van der Waals surface area contributed by atoms with E-state index in [1.54, 1.807) is 4.90 Å². The number of nitrogens with one attached hydrogen (secondary N) is 2. The molecule has 0 bridgehead atoms. The molecule has 1 saturated carbocycles. The average molecular weight is 689 g/mol. The van der Waals surface area contributed by atoms with Gasteiger partial charge in [0.2, 0.25) is 6.43 Å². The predicted octanol–water partition coefficient (Wildman–Crippen LogP) is 5.54. The summed E-state index contributed by atoms with van der Waals surface area (Å²) < 4.78 is 107. The number of alkyl halides is 5. The number of aromatic nitrogens is 1. The minimum absolute atomic E-state index is 0.0946. The second-order valence-corrected chi connectivity index (χ2v) is 12.9. The third-order valence-electron chi connectivity index (χ3n) is 9.87. The van der Waals surface area contributed by atoms with Crippen molar-refractivity contribution < 1.29 is 45.1 Å². The number of carbonyl (C=O) groups is 2. The minimum Gasteiger partial charge on any atom is -0.497 e. The molecule has 1 aromatic heterocycles. The molecule has 5 rings (SSSR count). The van der Waals surface area contributed by atoms with Crippen LogP contribution in [0.4, 0.5) is 47.0 Å². The average Bonchev–Trinajstić information content (AvgIpc) is 3.33. The molecule has 16 heteroatoms. The van der Waals surface area contributed by atoms with Crippen molar-refractivity contribution in [3.63, 3.8) is 0 Å². The lowest BCUT2D eigenvalue weighted by atomic mass is 9.86. The van der Waals surface area contributed by atoms with E-state index in [1.807, 2.05) is 25.8 Å². The van der Waals surface area contributed by atoms with Gasteiger partial charge in [-0.1, -0.05) is 0 Å². The number of halogens is 7. The van der Waals surface area contributed by atoms with Crippen molar-refractivity contribution in [2.24, 2.45) is 5.92 Å². The SMILES string of the molecule is COc1cc(F)c([C@@H]2CN(c3nccc(N4C[C@@H](C)N(C)[C@@H](C)C4)c3C(F)(F)F)C(=O)[C@H]2NC(=O)NC2CCC(C(F)F)CC2)c(F)c1. The number of carbonyl (C=O) groups excluding carboxylic acids is 2. The maximum absolute atomic E-state index is 15.4. The van der Waals surface area contributed by atoms with Gasteiger partial charge >= 0.3 is 12.2 Å². The maximum Gasteiger partial charge on any atom is 0.421 e. The summed E-state index contributed by atoms with van der Waals surface area (Å²) in [6.07, 6.45) is -5.52. The van der Waals surface area contributed by atoms with Gasteiger partial charge in [-0.25, -0.2) is 27.3 Å². The van der Waals surface area contributed by atoms with Gasteiger partial charge in [0, 0.05) is 73.5 Å². The number of anilines is 2. The molecule has 9 nitrogen and oxygen atoms in total. The van der Waals surface area contributed by atoms with Crippen LogP contribution in [0.5, 0.6) is 5.75 Å². The molecule has 4 atom stereocenters. The summed E-state index contributed by atoms with van der Waals surface area (Å²) in [4.78, 5) is 35.4. The van der Waals surface area contributed by atoms with Gasteiger partial charge in [-0.3, -0.25) is 14.6 Å². The first-order chi connectivity index (χ1) is 22.6. The number of hydrogen-bond acceptors (Lipinski definition) is 6. The molecule has 0 radical (unpaired) electrons. The Bertz CT molecular complexity index is 1470. The second kappa shape index (κ2) is 14.0. The Morgan fingerprint density at radius 3 is 2.15 bits per heavy atom. The van der Waals surface area contributed by atoms with Gasteiger partial charge in [-0.05, 0) is 52.6 Å². The van der Waals surface area contributed by atoms with Gasteiger partial charge in [0.1, 0.15) is 34.8 Å². The van der Waals surface area contributed by atoms with E-state index in [9.17, 15) is 31.5 Å². The topological polar surface area (TPSA) is 90.0 Å². The Kier molecular flexibility index (Phi) is 10.3. The van der Waals surface area contributed by atoms with Crippen molar-refractivity contribution in [2.75, 3.05) is 43.6 Å². The van der Waals surface area contributed by atoms with Crippen LogP contribution in [-0.2, 0) is 11.0 Å². The van der Waals surface area contributed by atoms with Crippen LogP contribution in [0.1, 0.15) is 56.6 Å². The largest absolute Gasteiger partial charge is 0.497 e. The molecule has 264 valence electrons. The van der Waals surface area contributed by atoms with Crippen LogP contribution in [0.15, 0.2) is 24.4 Å². The molecule has 0 unspecified atom stereocenters. The van der Waals surface area contributed by atoms with Crippen molar-refractivity contribution in [3.05, 3.63) is 47.2 Å². The van der Waals surface area contributed by atoms with E-state index < -0.39 is 83.6 Å². The van der Waals surface area contributed by atoms with Gasteiger partial charge in [0.05, 0.1) is 12.8 Å². The van der Waals surface area contributed by atoms with E-state index in [4.69, 9.17) is 4.74 Å². The van der Waals surface area contributed by atoms with Crippen LogP contribution < -0.4 is 25.2 Å². The Morgan fingerprint density at radius 2 is 1.60 bits per heavy atom. The van der Waals surface area contributed by atoms with Gasteiger partial charge in [-0.2, -0.15) is 13.2 Å². The number of pyridine rings is 1. The van der Waals surface area contributed by atoms with E-state index in [1.165, 1.54) is 13.2 Å². The van der Waals surface area contributed by atoms with Crippen molar-refractivity contribution in [2.45, 2.75) is 82.2 Å². The number of piperazine rings is 1. The fourth-order valence-electron chi connectivity index (χ4n) is 7.04. The van der Waals surface area contributed by atoms with Gasteiger partial charge in [-0.15, -0.1) is 0 Å². The van der Waals surface area contributed by atoms with Crippen LogP contribution in [0, 0.1) is 17.6 Å². The fourth-order valence-corrected chi connectivity index (χ4v) is 7.04. The van der Waals surface area contributed by atoms with Gasteiger partial charge in [0.15, 0.2) is 0 Å². The third-order valence-corrected chi connectivity index (χ3v) is 9.87. The number of nitrogens with zero attached hydrogens (tertiary/aromatic N) is 4. The van der Waals surface area contributed by atoms with Crippen molar-refractivity contribution in [1.82, 2.24) is 20.5 Å². The molecular weight excluding hydrogens is 649 g/mol. The van der Waals surface area contributed by atoms with E-state index >= 15 is 8.78 Å². The molecule has 48 heavy (non-hydrogen) atoms. The highest BCUT2D eigenvalue weighted by atomic mass is 19.4. The second-order valence-electron chi connectivity index (χ2n) is 12.9. The predicted molar refractivity (Wildman–Crippen MR) is 163 cm³/mol. The molecule has 3 heterocycles. The number of urea groups is 1. The standard InChI is InChI=1S/C32H39F7N6O3/c1-16-13-44(14-17(2)43(16)3)24-9-10-40-29(26(24)32(37,38)39)45-15-21(25-22(33)11-20(48-4)12-23(25)34)27(30(45)46)42-31(47)41-19-7-5-18(6-8-19)28(35)36/h9-12,16-19,21,27-28H,5-8,13-15H2,1-4H3,(H2,41,42,47)/t16-,17+,18?,19?,21-,27-/m0/s1. The summed E-state index contributed by atoms with van der Waals surface area (Å²) in [5, 5.41) is 5.03. The minimum atomic E-state index is -4.99. The van der Waals surface area contributed by atoms with Gasteiger partial charge in [0.25, 0.3) is 5.91 Å². The molecule has 2 aromatic rings. The molecule has 2 N–H and O–H groups in total. The zero-order valence-corrected chi connectivity index (χ0v) is 27.0. The van der Waals surface area contributed by atoms with Crippen LogP contribution >= 0.6 is 0 Å². The monoisotopic (exact) mass is 688 g/mol. The molecule has 1 aromatic carbocycles. The Hall–Kier alpha value is -3.82. The molecule has 3 amide bonds. The number of hydrogen-bond donors (Lipinski definition) is 2. The molecule has 0 spiro atoms. The van der Waals surface area contributed by atoms with Crippen LogP contribution in [0.3, 0.4) is 0 Å². The van der Waals surface area contributed by atoms with E-state index in [0.717, 1.165) is 18.3 Å². The fraction of sp³-hybridized carbons (Fsp3) is 0.594. The summed E-state index contributed by atoms with van der Waals surface area (Å²) in [6, 6.07) is -0.346. The summed E-state index contributed by atoms with van der Waals surface area (Å²) in [5.74, 6) is -6.49. The Labute approximate surface area is 273 Å². The number of methoxy groups -OCH3 is 1. The molecular formula is C32H39F7N6O3. The highest BCUT2D eigenvalue weighted by Gasteiger charge is 2.49. The normalized spacial score (nSPS) is 27.0. The highest BCUT2D eigenvalue weighted by Crippen LogP contribution is 2.45. The van der Waals surface area contributed by atoms with Crippen molar-refractivity contribution in [1.29, 1.82) is 0 Å². The van der Waals surface area contributed by atoms with Crippen LogP contribution in [0.25, 0.3) is 0 Å². The lowest BCUT2D eigenvalue weighted by molar-refractivity contribution is -0.137. The third kappa shape index (κ3) is 7.13. The zero-order chi connectivity index (χ0) is 35.1. The van der Waals surface area contributed by atoms with Crippen molar-refractivity contribution in [3.8, 4) is 5.75 Å². The number of amides is 3. The summed E-state index contributed by atoms with van der Waals surface area (Å²) in [6.45, 7) is 3.65. The number of likely N-dealkylation sites (N-methyl/N-ethyl adjacent to an activating group) is 1. The first-order valence-electron chi connectivity index (χ1n) is 15.8. The molecule has 1 aliphatic carbocycles. The highest BCUT2D eigenvalue weighted by molar-refractivity contribution is 6.03. The lowest BCUT2D eigenvalue weighted by Gasteiger charge is -2.44. The molecule has 2 saturated heterocycles. The number of benzene rings is 1.